The summed E-state index contributed by atoms with van der Waals surface area (Å²) >= 11 is 7.11. The Hall–Kier alpha value is -2.51. The van der Waals surface area contributed by atoms with Crippen LogP contribution in [0.1, 0.15) is 5.56 Å². The Morgan fingerprint density at radius 2 is 2.08 bits per heavy atom. The van der Waals surface area contributed by atoms with Crippen LogP contribution in [0.4, 0.5) is 5.69 Å². The van der Waals surface area contributed by atoms with Crippen LogP contribution in [0.25, 0.3) is 11.1 Å². The van der Waals surface area contributed by atoms with Crippen LogP contribution in [0, 0.1) is 6.92 Å². The van der Waals surface area contributed by atoms with Gasteiger partial charge in [0, 0.05) is 10.7 Å². The highest BCUT2D eigenvalue weighted by atomic mass is 35.5. The first-order valence-electron chi connectivity index (χ1n) is 7.71. The van der Waals surface area contributed by atoms with Crippen LogP contribution in [0.15, 0.2) is 52.1 Å². The fraction of sp³-hybridized carbons (Fsp3) is 0.167. The lowest BCUT2D eigenvalue weighted by Gasteiger charge is -2.07. The number of esters is 1. The maximum Gasteiger partial charge on any atom is 0.316 e. The Balaban J connectivity index is 1.44. The number of anilines is 1. The van der Waals surface area contributed by atoms with Gasteiger partial charge in [-0.25, -0.2) is 4.98 Å². The van der Waals surface area contributed by atoms with Gasteiger partial charge in [0.15, 0.2) is 12.2 Å². The van der Waals surface area contributed by atoms with E-state index in [9.17, 15) is 9.59 Å². The molecule has 2 aromatic carbocycles. The first-order chi connectivity index (χ1) is 12.5. The average Bonchev–Trinajstić information content (AvgIpc) is 3.04. The van der Waals surface area contributed by atoms with Crippen molar-refractivity contribution < 1.29 is 18.7 Å². The fourth-order valence-electron chi connectivity index (χ4n) is 2.09. The molecule has 6 nitrogen and oxygen atoms in total. The molecule has 1 amide bonds. The first kappa shape index (κ1) is 18.3. The van der Waals surface area contributed by atoms with Crippen molar-refractivity contribution >= 4 is 52.0 Å². The van der Waals surface area contributed by atoms with Crippen LogP contribution in [0.2, 0.25) is 5.02 Å². The number of carbonyl (C=O) groups excluding carboxylic acids is 2. The summed E-state index contributed by atoms with van der Waals surface area (Å²) in [6.07, 6.45) is 0. The van der Waals surface area contributed by atoms with Gasteiger partial charge in [-0.2, -0.15) is 0 Å². The van der Waals surface area contributed by atoms with E-state index < -0.39 is 11.9 Å². The molecule has 0 unspecified atom stereocenters. The van der Waals surface area contributed by atoms with Gasteiger partial charge in [-0.15, -0.1) is 0 Å². The minimum atomic E-state index is -0.533. The number of thioether (sulfide) groups is 1. The number of carbonyl (C=O) groups is 2. The topological polar surface area (TPSA) is 81.4 Å². The number of ether oxygens (including phenoxy) is 1. The van der Waals surface area contributed by atoms with Gasteiger partial charge in [-0.05, 0) is 36.8 Å². The van der Waals surface area contributed by atoms with Crippen LogP contribution in [-0.4, -0.2) is 29.2 Å². The van der Waals surface area contributed by atoms with Crippen LogP contribution in [-0.2, 0) is 14.3 Å². The molecule has 0 atom stereocenters. The second-order valence-electron chi connectivity index (χ2n) is 5.41. The van der Waals surface area contributed by atoms with E-state index in [2.05, 4.69) is 10.3 Å². The lowest BCUT2D eigenvalue weighted by Crippen LogP contribution is -2.21. The van der Waals surface area contributed by atoms with E-state index in [0.717, 1.165) is 22.8 Å². The summed E-state index contributed by atoms with van der Waals surface area (Å²) < 4.78 is 10.4. The van der Waals surface area contributed by atoms with E-state index in [0.29, 0.717) is 21.5 Å². The quantitative estimate of drug-likeness (QED) is 0.505. The number of rotatable bonds is 6. The molecule has 1 aromatic heterocycles. The summed E-state index contributed by atoms with van der Waals surface area (Å²) in [4.78, 5) is 27.9. The normalized spacial score (nSPS) is 10.7. The third kappa shape index (κ3) is 4.77. The van der Waals surface area contributed by atoms with E-state index in [4.69, 9.17) is 20.8 Å². The molecule has 26 heavy (non-hydrogen) atoms. The molecule has 3 aromatic rings. The predicted molar refractivity (Wildman–Crippen MR) is 101 cm³/mol. The first-order valence-corrected chi connectivity index (χ1v) is 9.07. The number of para-hydroxylation sites is 2. The molecule has 0 radical (unpaired) electrons. The van der Waals surface area contributed by atoms with Crippen molar-refractivity contribution in [3.63, 3.8) is 0 Å². The smallest absolute Gasteiger partial charge is 0.316 e. The highest BCUT2D eigenvalue weighted by Crippen LogP contribution is 2.23. The Kier molecular flexibility index (Phi) is 5.80. The van der Waals surface area contributed by atoms with Gasteiger partial charge in [0.1, 0.15) is 11.3 Å². The summed E-state index contributed by atoms with van der Waals surface area (Å²) in [5.74, 6) is -0.976. The average molecular weight is 391 g/mol. The number of halogens is 1. The van der Waals surface area contributed by atoms with Gasteiger partial charge in [-0.3, -0.25) is 9.59 Å². The number of nitrogens with one attached hydrogen (secondary N) is 1. The summed E-state index contributed by atoms with van der Waals surface area (Å²) in [5, 5.41) is 3.55. The molecular weight excluding hydrogens is 376 g/mol. The second-order valence-corrected chi connectivity index (χ2v) is 6.74. The lowest BCUT2D eigenvalue weighted by molar-refractivity contribution is -0.144. The molecule has 1 N–H and O–H groups in total. The van der Waals surface area contributed by atoms with Gasteiger partial charge in [0.2, 0.25) is 0 Å². The third-order valence-electron chi connectivity index (χ3n) is 3.41. The van der Waals surface area contributed by atoms with Crippen molar-refractivity contribution in [3.05, 3.63) is 53.1 Å². The van der Waals surface area contributed by atoms with Gasteiger partial charge >= 0.3 is 5.97 Å². The van der Waals surface area contributed by atoms with Crippen molar-refractivity contribution in [2.45, 2.75) is 12.1 Å². The molecule has 0 bridgehead atoms. The maximum absolute atomic E-state index is 11.8. The van der Waals surface area contributed by atoms with Crippen molar-refractivity contribution in [1.82, 2.24) is 4.98 Å². The van der Waals surface area contributed by atoms with Crippen molar-refractivity contribution in [2.75, 3.05) is 17.7 Å². The van der Waals surface area contributed by atoms with Gasteiger partial charge in [-0.1, -0.05) is 41.6 Å². The second kappa shape index (κ2) is 8.25. The minimum absolute atomic E-state index is 0.00351. The standard InChI is InChI=1S/C18H15ClN2O4S/c1-11-6-7-12(8-13(11)19)20-16(22)9-24-17(23)10-26-18-21-14-4-2-3-5-15(14)25-18/h2-8H,9-10H2,1H3,(H,20,22). The van der Waals surface area contributed by atoms with Crippen molar-refractivity contribution in [3.8, 4) is 0 Å². The maximum atomic E-state index is 11.8. The molecule has 0 saturated heterocycles. The minimum Gasteiger partial charge on any atom is -0.455 e. The molecular formula is C18H15ClN2O4S. The molecule has 0 saturated carbocycles. The monoisotopic (exact) mass is 390 g/mol. The Morgan fingerprint density at radius 3 is 2.85 bits per heavy atom. The number of hydrogen-bond acceptors (Lipinski definition) is 6. The van der Waals surface area contributed by atoms with Crippen LogP contribution in [0.3, 0.4) is 0 Å². The zero-order chi connectivity index (χ0) is 18.5. The molecule has 0 aliphatic heterocycles. The molecule has 0 aliphatic rings. The number of fused-ring (bicyclic) bond motifs is 1. The molecule has 1 heterocycles. The molecule has 134 valence electrons. The van der Waals surface area contributed by atoms with Gasteiger partial charge < -0.3 is 14.5 Å². The van der Waals surface area contributed by atoms with Gasteiger partial charge in [0.05, 0.1) is 0 Å². The fourth-order valence-corrected chi connectivity index (χ4v) is 2.91. The van der Waals surface area contributed by atoms with E-state index in [1.54, 1.807) is 24.3 Å². The highest BCUT2D eigenvalue weighted by Gasteiger charge is 2.12. The summed E-state index contributed by atoms with van der Waals surface area (Å²) in [5.41, 5.74) is 2.83. The Bertz CT molecular complexity index is 924. The van der Waals surface area contributed by atoms with E-state index in [1.807, 2.05) is 25.1 Å². The summed E-state index contributed by atoms with van der Waals surface area (Å²) in [6, 6.07) is 12.5. The Labute approximate surface area is 158 Å². The number of hydrogen-bond donors (Lipinski definition) is 1. The van der Waals surface area contributed by atoms with E-state index in [-0.39, 0.29) is 12.4 Å². The zero-order valence-corrected chi connectivity index (χ0v) is 15.4. The van der Waals surface area contributed by atoms with Crippen LogP contribution >= 0.6 is 23.4 Å². The van der Waals surface area contributed by atoms with Gasteiger partial charge in [0.25, 0.3) is 11.1 Å². The van der Waals surface area contributed by atoms with Crippen molar-refractivity contribution in [2.24, 2.45) is 0 Å². The predicted octanol–water partition coefficient (Wildman–Crippen LogP) is 4.06. The zero-order valence-electron chi connectivity index (χ0n) is 13.8. The number of oxazole rings is 1. The SMILES string of the molecule is Cc1ccc(NC(=O)COC(=O)CSc2nc3ccccc3o2)cc1Cl. The lowest BCUT2D eigenvalue weighted by atomic mass is 10.2. The molecule has 0 aliphatic carbocycles. The van der Waals surface area contributed by atoms with Crippen LogP contribution < -0.4 is 5.32 Å². The summed E-state index contributed by atoms with van der Waals surface area (Å²) in [7, 11) is 0. The molecule has 0 spiro atoms. The number of amides is 1. The number of aromatic nitrogens is 1. The van der Waals surface area contributed by atoms with E-state index in [1.165, 1.54) is 0 Å². The summed E-state index contributed by atoms with van der Waals surface area (Å²) in [6.45, 7) is 1.49. The largest absolute Gasteiger partial charge is 0.455 e. The Morgan fingerprint density at radius 1 is 1.27 bits per heavy atom. The van der Waals surface area contributed by atoms with Crippen molar-refractivity contribution in [1.29, 1.82) is 0 Å². The number of aryl methyl sites for hydroxylation is 1. The highest BCUT2D eigenvalue weighted by molar-refractivity contribution is 7.99. The molecule has 3 rings (SSSR count). The number of benzene rings is 2. The third-order valence-corrected chi connectivity index (χ3v) is 4.62. The van der Waals surface area contributed by atoms with Crippen LogP contribution in [0.5, 0.6) is 0 Å². The van der Waals surface area contributed by atoms with E-state index >= 15 is 0 Å². The number of nitrogens with zero attached hydrogens (tertiary/aromatic N) is 1. The molecule has 0 fully saturated rings. The molecule has 8 heteroatoms.